The minimum atomic E-state index is 0.00382. The summed E-state index contributed by atoms with van der Waals surface area (Å²) in [5.41, 5.74) is 2.49. The van der Waals surface area contributed by atoms with Gasteiger partial charge >= 0.3 is 0 Å². The van der Waals surface area contributed by atoms with Crippen LogP contribution in [0.2, 0.25) is 0 Å². The van der Waals surface area contributed by atoms with Crippen LogP contribution in [0.1, 0.15) is 74.6 Å². The highest BCUT2D eigenvalue weighted by atomic mass is 16.1. The van der Waals surface area contributed by atoms with E-state index in [1.807, 2.05) is 18.2 Å². The van der Waals surface area contributed by atoms with E-state index in [-0.39, 0.29) is 5.91 Å². The molecule has 1 amide bonds. The maximum absolute atomic E-state index is 12.2. The molecule has 31 heavy (non-hydrogen) atoms. The second kappa shape index (κ2) is 13.5. The number of fused-ring (bicyclic) bond motifs is 1. The highest BCUT2D eigenvalue weighted by molar-refractivity contribution is 5.97. The van der Waals surface area contributed by atoms with Gasteiger partial charge in [-0.15, -0.1) is 0 Å². The summed E-state index contributed by atoms with van der Waals surface area (Å²) in [5.74, 6) is 0.00382. The molecule has 3 rings (SSSR count). The summed E-state index contributed by atoms with van der Waals surface area (Å²) in [5, 5.41) is 3.03. The third-order valence-electron chi connectivity index (χ3n) is 6.47. The molecule has 0 bridgehead atoms. The first kappa shape index (κ1) is 23.7. The zero-order valence-electron chi connectivity index (χ0n) is 19.4. The van der Waals surface area contributed by atoms with Crippen molar-refractivity contribution in [3.05, 3.63) is 30.1 Å². The molecule has 2 aromatic rings. The molecule has 1 saturated heterocycles. The van der Waals surface area contributed by atoms with Gasteiger partial charge < -0.3 is 20.1 Å². The number of carbonyl (C=O) groups is 1. The van der Waals surface area contributed by atoms with Crippen LogP contribution in [-0.4, -0.2) is 72.0 Å². The molecule has 0 unspecified atom stereocenters. The van der Waals surface area contributed by atoms with Gasteiger partial charge in [0.2, 0.25) is 0 Å². The number of H-pyrrole nitrogens is 1. The number of aromatic amines is 1. The van der Waals surface area contributed by atoms with Crippen molar-refractivity contribution in [2.45, 2.75) is 64.2 Å². The summed E-state index contributed by atoms with van der Waals surface area (Å²) in [4.78, 5) is 24.5. The summed E-state index contributed by atoms with van der Waals surface area (Å²) >= 11 is 0. The molecule has 1 aliphatic rings. The van der Waals surface area contributed by atoms with Crippen molar-refractivity contribution in [2.24, 2.45) is 0 Å². The largest absolute Gasteiger partial charge is 0.352 e. The molecule has 2 N–H and O–H groups in total. The predicted octanol–water partition coefficient (Wildman–Crippen LogP) is 4.44. The van der Waals surface area contributed by atoms with Crippen LogP contribution in [-0.2, 0) is 0 Å². The molecule has 0 spiro atoms. The normalized spacial score (nSPS) is 15.5. The Morgan fingerprint density at radius 1 is 0.935 bits per heavy atom. The van der Waals surface area contributed by atoms with Crippen molar-refractivity contribution in [3.63, 3.8) is 0 Å². The quantitative estimate of drug-likeness (QED) is 0.438. The Hall–Kier alpha value is -1.92. The number of rotatable bonds is 14. The molecule has 1 fully saturated rings. The number of unbranched alkanes of at least 4 members (excludes halogenated alkanes) is 9. The van der Waals surface area contributed by atoms with Gasteiger partial charge in [0.1, 0.15) is 0 Å². The van der Waals surface area contributed by atoms with E-state index in [1.54, 1.807) is 6.33 Å². The van der Waals surface area contributed by atoms with Crippen molar-refractivity contribution >= 4 is 16.9 Å². The van der Waals surface area contributed by atoms with Crippen LogP contribution in [0.5, 0.6) is 0 Å². The van der Waals surface area contributed by atoms with Gasteiger partial charge in [0, 0.05) is 38.3 Å². The average molecular weight is 428 g/mol. The summed E-state index contributed by atoms with van der Waals surface area (Å²) < 4.78 is 0. The van der Waals surface area contributed by atoms with E-state index in [1.165, 1.54) is 90.5 Å². The van der Waals surface area contributed by atoms with Crippen LogP contribution in [0.15, 0.2) is 24.5 Å². The maximum atomic E-state index is 12.2. The Balaban J connectivity index is 1.09. The first-order chi connectivity index (χ1) is 15.2. The van der Waals surface area contributed by atoms with Crippen molar-refractivity contribution in [1.82, 2.24) is 25.1 Å². The van der Waals surface area contributed by atoms with Crippen LogP contribution in [0, 0.1) is 0 Å². The fourth-order valence-corrected chi connectivity index (χ4v) is 4.33. The standard InChI is InChI=1S/C25H41N5O/c1-29-16-18-30(19-17-29)15-11-9-7-5-3-2-4-6-8-10-14-26-25(31)22-12-13-23-24(20-22)28-21-27-23/h12-13,20-21H,2-11,14-19H2,1H3,(H,26,31)(H,27,28). The molecule has 0 saturated carbocycles. The zero-order chi connectivity index (χ0) is 21.7. The molecule has 0 radical (unpaired) electrons. The Bertz CT molecular complexity index is 766. The van der Waals surface area contributed by atoms with Crippen LogP contribution in [0.25, 0.3) is 11.0 Å². The SMILES string of the molecule is CN1CCN(CCCCCCCCCCCCNC(=O)c2ccc3nc[nH]c3c2)CC1. The van der Waals surface area contributed by atoms with E-state index in [2.05, 4.69) is 32.1 Å². The van der Waals surface area contributed by atoms with Crippen LogP contribution in [0.3, 0.4) is 0 Å². The van der Waals surface area contributed by atoms with Crippen molar-refractivity contribution in [3.8, 4) is 0 Å². The number of hydrogen-bond acceptors (Lipinski definition) is 4. The number of nitrogens with zero attached hydrogens (tertiary/aromatic N) is 3. The number of amides is 1. The van der Waals surface area contributed by atoms with E-state index in [9.17, 15) is 4.79 Å². The van der Waals surface area contributed by atoms with Gasteiger partial charge in [0.25, 0.3) is 5.91 Å². The van der Waals surface area contributed by atoms with E-state index < -0.39 is 0 Å². The van der Waals surface area contributed by atoms with Crippen LogP contribution in [0.4, 0.5) is 0 Å². The molecule has 0 atom stereocenters. The number of carbonyl (C=O) groups excluding carboxylic acids is 1. The molecule has 1 aromatic carbocycles. The third kappa shape index (κ3) is 8.62. The van der Waals surface area contributed by atoms with Gasteiger partial charge in [-0.3, -0.25) is 4.79 Å². The minimum absolute atomic E-state index is 0.00382. The number of hydrogen-bond donors (Lipinski definition) is 2. The number of piperazine rings is 1. The molecular formula is C25H41N5O. The maximum Gasteiger partial charge on any atom is 0.251 e. The Labute approximate surface area is 187 Å². The topological polar surface area (TPSA) is 64.3 Å². The van der Waals surface area contributed by atoms with Crippen LogP contribution >= 0.6 is 0 Å². The van der Waals surface area contributed by atoms with Crippen molar-refractivity contribution in [2.75, 3.05) is 46.3 Å². The monoisotopic (exact) mass is 427 g/mol. The van der Waals surface area contributed by atoms with Crippen molar-refractivity contribution in [1.29, 1.82) is 0 Å². The van der Waals surface area contributed by atoms with Gasteiger partial charge in [0.15, 0.2) is 0 Å². The van der Waals surface area contributed by atoms with Gasteiger partial charge in [-0.25, -0.2) is 4.98 Å². The molecule has 6 nitrogen and oxygen atoms in total. The second-order valence-corrected chi connectivity index (χ2v) is 9.07. The Kier molecular flexibility index (Phi) is 10.3. The minimum Gasteiger partial charge on any atom is -0.352 e. The number of benzene rings is 1. The lowest BCUT2D eigenvalue weighted by Gasteiger charge is -2.32. The zero-order valence-corrected chi connectivity index (χ0v) is 19.4. The number of likely N-dealkylation sites (N-methyl/N-ethyl adjacent to an activating group) is 1. The fraction of sp³-hybridized carbons (Fsp3) is 0.680. The van der Waals surface area contributed by atoms with Gasteiger partial charge in [0.05, 0.1) is 17.4 Å². The summed E-state index contributed by atoms with van der Waals surface area (Å²) in [6, 6.07) is 5.59. The van der Waals surface area contributed by atoms with Gasteiger partial charge in [-0.2, -0.15) is 0 Å². The van der Waals surface area contributed by atoms with E-state index in [4.69, 9.17) is 0 Å². The summed E-state index contributed by atoms with van der Waals surface area (Å²) in [6.07, 6.45) is 14.8. The van der Waals surface area contributed by atoms with E-state index in [0.717, 1.165) is 24.0 Å². The summed E-state index contributed by atoms with van der Waals surface area (Å²) in [7, 11) is 2.22. The summed E-state index contributed by atoms with van der Waals surface area (Å²) in [6.45, 7) is 7.01. The molecule has 1 aliphatic heterocycles. The third-order valence-corrected chi connectivity index (χ3v) is 6.47. The molecule has 2 heterocycles. The van der Waals surface area contributed by atoms with Crippen LogP contribution < -0.4 is 5.32 Å². The number of aromatic nitrogens is 2. The first-order valence-electron chi connectivity index (χ1n) is 12.3. The first-order valence-corrected chi connectivity index (χ1v) is 12.3. The van der Waals surface area contributed by atoms with E-state index in [0.29, 0.717) is 5.56 Å². The van der Waals surface area contributed by atoms with E-state index >= 15 is 0 Å². The highest BCUT2D eigenvalue weighted by Gasteiger charge is 2.12. The van der Waals surface area contributed by atoms with Crippen molar-refractivity contribution < 1.29 is 4.79 Å². The predicted molar refractivity (Wildman–Crippen MR) is 129 cm³/mol. The molecule has 1 aromatic heterocycles. The molecule has 172 valence electrons. The van der Waals surface area contributed by atoms with Gasteiger partial charge in [-0.05, 0) is 44.6 Å². The number of imidazole rings is 1. The molecule has 6 heteroatoms. The Morgan fingerprint density at radius 2 is 1.58 bits per heavy atom. The highest BCUT2D eigenvalue weighted by Crippen LogP contribution is 2.13. The smallest absolute Gasteiger partial charge is 0.251 e. The molecular weight excluding hydrogens is 386 g/mol. The average Bonchev–Trinajstić information content (AvgIpc) is 3.26. The lowest BCUT2D eigenvalue weighted by Crippen LogP contribution is -2.44. The molecule has 0 aliphatic carbocycles. The Morgan fingerprint density at radius 3 is 2.29 bits per heavy atom. The lowest BCUT2D eigenvalue weighted by atomic mass is 10.1. The second-order valence-electron chi connectivity index (χ2n) is 9.07. The lowest BCUT2D eigenvalue weighted by molar-refractivity contribution is 0.0953. The fourth-order valence-electron chi connectivity index (χ4n) is 4.33. The number of nitrogens with one attached hydrogen (secondary N) is 2. The van der Waals surface area contributed by atoms with Gasteiger partial charge in [-0.1, -0.05) is 51.4 Å².